The highest BCUT2D eigenvalue weighted by Gasteiger charge is 2.02. The first-order valence-electron chi connectivity index (χ1n) is 4.97. The predicted molar refractivity (Wildman–Crippen MR) is 58.9 cm³/mol. The molecule has 1 aromatic carbocycles. The summed E-state index contributed by atoms with van der Waals surface area (Å²) >= 11 is 0. The van der Waals surface area contributed by atoms with Gasteiger partial charge in [-0.05, 0) is 31.5 Å². The predicted octanol–water partition coefficient (Wildman–Crippen LogP) is 2.23. The molecule has 3 heteroatoms. The van der Waals surface area contributed by atoms with Crippen LogP contribution in [0.1, 0.15) is 24.4 Å². The number of rotatable bonds is 2. The average molecular weight is 202 g/mol. The van der Waals surface area contributed by atoms with E-state index in [9.17, 15) is 5.11 Å². The van der Waals surface area contributed by atoms with Gasteiger partial charge >= 0.3 is 0 Å². The Kier molecular flexibility index (Phi) is 2.56. The Morgan fingerprint density at radius 1 is 1.27 bits per heavy atom. The molecule has 0 fully saturated rings. The van der Waals surface area contributed by atoms with Crippen LogP contribution in [-0.2, 0) is 0 Å². The molecule has 1 heterocycles. The first kappa shape index (κ1) is 9.93. The number of hydrogen-bond donors (Lipinski definition) is 1. The molecule has 0 aliphatic rings. The molecule has 0 aliphatic carbocycles. The van der Waals surface area contributed by atoms with Crippen LogP contribution in [-0.4, -0.2) is 14.7 Å². The van der Waals surface area contributed by atoms with Crippen LogP contribution in [0.3, 0.4) is 0 Å². The number of nitrogens with zero attached hydrogens (tertiary/aromatic N) is 2. The van der Waals surface area contributed by atoms with Crippen molar-refractivity contribution in [3.8, 4) is 5.69 Å². The van der Waals surface area contributed by atoms with Crippen molar-refractivity contribution in [1.82, 2.24) is 9.55 Å². The van der Waals surface area contributed by atoms with Crippen LogP contribution in [0.2, 0.25) is 0 Å². The molecule has 0 spiro atoms. The molecule has 3 nitrogen and oxygen atoms in total. The molecule has 1 atom stereocenters. The first-order valence-corrected chi connectivity index (χ1v) is 4.97. The van der Waals surface area contributed by atoms with Gasteiger partial charge in [0.2, 0.25) is 0 Å². The summed E-state index contributed by atoms with van der Waals surface area (Å²) in [6.45, 7) is 3.72. The fourth-order valence-electron chi connectivity index (χ4n) is 1.56. The van der Waals surface area contributed by atoms with Gasteiger partial charge in [-0.2, -0.15) is 0 Å². The summed E-state index contributed by atoms with van der Waals surface area (Å²) in [5.41, 5.74) is 1.99. The Labute approximate surface area is 89.0 Å². The Hall–Kier alpha value is -1.61. The van der Waals surface area contributed by atoms with Crippen LogP contribution in [0.25, 0.3) is 5.69 Å². The summed E-state index contributed by atoms with van der Waals surface area (Å²) in [6, 6.07) is 7.83. The van der Waals surface area contributed by atoms with E-state index < -0.39 is 6.10 Å². The van der Waals surface area contributed by atoms with Gasteiger partial charge in [-0.25, -0.2) is 4.98 Å². The van der Waals surface area contributed by atoms with Crippen molar-refractivity contribution in [3.05, 3.63) is 48.0 Å². The molecule has 0 saturated heterocycles. The van der Waals surface area contributed by atoms with Crippen molar-refractivity contribution in [2.24, 2.45) is 0 Å². The van der Waals surface area contributed by atoms with E-state index in [1.165, 1.54) is 0 Å². The number of aliphatic hydroxyl groups is 1. The maximum atomic E-state index is 9.38. The number of hydrogen-bond acceptors (Lipinski definition) is 2. The summed E-state index contributed by atoms with van der Waals surface area (Å²) in [6.07, 6.45) is 3.29. The van der Waals surface area contributed by atoms with Crippen molar-refractivity contribution < 1.29 is 5.11 Å². The van der Waals surface area contributed by atoms with Gasteiger partial charge in [0.25, 0.3) is 0 Å². The summed E-state index contributed by atoms with van der Waals surface area (Å²) in [7, 11) is 0. The molecule has 1 aromatic heterocycles. The molecule has 0 unspecified atom stereocenters. The third-order valence-electron chi connectivity index (χ3n) is 2.48. The Bertz CT molecular complexity index is 443. The molecule has 2 rings (SSSR count). The van der Waals surface area contributed by atoms with E-state index in [4.69, 9.17) is 0 Å². The molecule has 0 radical (unpaired) electrons. The second kappa shape index (κ2) is 3.87. The third-order valence-corrected chi connectivity index (χ3v) is 2.48. The van der Waals surface area contributed by atoms with Crippen molar-refractivity contribution >= 4 is 0 Å². The summed E-state index contributed by atoms with van der Waals surface area (Å²) in [4.78, 5) is 4.16. The highest BCUT2D eigenvalue weighted by atomic mass is 16.3. The molecule has 0 amide bonds. The lowest BCUT2D eigenvalue weighted by Gasteiger charge is -2.08. The van der Waals surface area contributed by atoms with Crippen molar-refractivity contribution in [2.75, 3.05) is 0 Å². The standard InChI is InChI=1S/C12H14N2O/c1-9(15)11-3-5-12(6-4-11)14-8-7-13-10(14)2/h3-9,15H,1-2H3/t9-/m1/s1. The maximum Gasteiger partial charge on any atom is 0.110 e. The topological polar surface area (TPSA) is 38.0 Å². The number of imidazole rings is 1. The van der Waals surface area contributed by atoms with Gasteiger partial charge in [0.1, 0.15) is 5.82 Å². The largest absolute Gasteiger partial charge is 0.389 e. The zero-order valence-corrected chi connectivity index (χ0v) is 8.88. The fraction of sp³-hybridized carbons (Fsp3) is 0.250. The second-order valence-corrected chi connectivity index (χ2v) is 3.61. The molecular formula is C12H14N2O. The minimum absolute atomic E-state index is 0.414. The lowest BCUT2D eigenvalue weighted by molar-refractivity contribution is 0.199. The zero-order chi connectivity index (χ0) is 10.8. The Balaban J connectivity index is 2.36. The van der Waals surface area contributed by atoms with E-state index in [0.717, 1.165) is 17.1 Å². The Morgan fingerprint density at radius 3 is 2.40 bits per heavy atom. The molecule has 0 saturated carbocycles. The molecule has 2 aromatic rings. The normalized spacial score (nSPS) is 12.7. The minimum atomic E-state index is -0.414. The van der Waals surface area contributed by atoms with Gasteiger partial charge in [-0.1, -0.05) is 12.1 Å². The van der Waals surface area contributed by atoms with E-state index in [1.807, 2.05) is 42.0 Å². The SMILES string of the molecule is Cc1nccn1-c1ccc([C@@H](C)O)cc1. The highest BCUT2D eigenvalue weighted by Crippen LogP contribution is 2.16. The van der Waals surface area contributed by atoms with Crippen LogP contribution in [0.15, 0.2) is 36.7 Å². The monoisotopic (exact) mass is 202 g/mol. The Morgan fingerprint density at radius 2 is 1.93 bits per heavy atom. The number of benzene rings is 1. The molecular weight excluding hydrogens is 188 g/mol. The minimum Gasteiger partial charge on any atom is -0.389 e. The van der Waals surface area contributed by atoms with Crippen LogP contribution in [0.4, 0.5) is 0 Å². The van der Waals surface area contributed by atoms with Gasteiger partial charge in [-0.3, -0.25) is 0 Å². The van der Waals surface area contributed by atoms with Crippen molar-refractivity contribution in [2.45, 2.75) is 20.0 Å². The fourth-order valence-corrected chi connectivity index (χ4v) is 1.56. The number of aryl methyl sites for hydroxylation is 1. The number of aliphatic hydroxyl groups excluding tert-OH is 1. The van der Waals surface area contributed by atoms with Crippen LogP contribution in [0, 0.1) is 6.92 Å². The van der Waals surface area contributed by atoms with Crippen LogP contribution >= 0.6 is 0 Å². The number of aromatic nitrogens is 2. The highest BCUT2D eigenvalue weighted by molar-refractivity contribution is 5.36. The van der Waals surface area contributed by atoms with Gasteiger partial charge in [-0.15, -0.1) is 0 Å². The van der Waals surface area contributed by atoms with E-state index in [1.54, 1.807) is 13.1 Å². The smallest absolute Gasteiger partial charge is 0.110 e. The average Bonchev–Trinajstić information content (AvgIpc) is 2.65. The quantitative estimate of drug-likeness (QED) is 0.811. The zero-order valence-electron chi connectivity index (χ0n) is 8.88. The maximum absolute atomic E-state index is 9.38. The van der Waals surface area contributed by atoms with Gasteiger partial charge in [0, 0.05) is 18.1 Å². The van der Waals surface area contributed by atoms with E-state index in [-0.39, 0.29) is 0 Å². The molecule has 15 heavy (non-hydrogen) atoms. The second-order valence-electron chi connectivity index (χ2n) is 3.61. The third kappa shape index (κ3) is 1.92. The van der Waals surface area contributed by atoms with E-state index in [0.29, 0.717) is 0 Å². The summed E-state index contributed by atoms with van der Waals surface area (Å²) in [5, 5.41) is 9.38. The van der Waals surface area contributed by atoms with Gasteiger partial charge in [0.15, 0.2) is 0 Å². The van der Waals surface area contributed by atoms with Gasteiger partial charge < -0.3 is 9.67 Å². The molecule has 0 bridgehead atoms. The molecule has 1 N–H and O–H groups in total. The van der Waals surface area contributed by atoms with Crippen molar-refractivity contribution in [3.63, 3.8) is 0 Å². The van der Waals surface area contributed by atoms with Crippen LogP contribution < -0.4 is 0 Å². The lowest BCUT2D eigenvalue weighted by atomic mass is 10.1. The van der Waals surface area contributed by atoms with Crippen molar-refractivity contribution in [1.29, 1.82) is 0 Å². The first-order chi connectivity index (χ1) is 7.18. The van der Waals surface area contributed by atoms with E-state index >= 15 is 0 Å². The lowest BCUT2D eigenvalue weighted by Crippen LogP contribution is -1.96. The van der Waals surface area contributed by atoms with Gasteiger partial charge in [0.05, 0.1) is 6.10 Å². The summed E-state index contributed by atoms with van der Waals surface area (Å²) in [5.74, 6) is 0.958. The molecule has 78 valence electrons. The van der Waals surface area contributed by atoms with E-state index in [2.05, 4.69) is 4.98 Å². The summed E-state index contributed by atoms with van der Waals surface area (Å²) < 4.78 is 2.01. The van der Waals surface area contributed by atoms with Crippen LogP contribution in [0.5, 0.6) is 0 Å². The molecule has 0 aliphatic heterocycles.